The van der Waals surface area contributed by atoms with E-state index in [-0.39, 0.29) is 19.1 Å². The summed E-state index contributed by atoms with van der Waals surface area (Å²) in [4.78, 5) is 4.76. The molecular formula is C29H32ClN3O3. The standard InChI is InChI=1S/C29H32ClN3O3/c1-19-6-7-22(14-20(19)2)15-26(24-4-3-5-25(30)16-24)28-32-27(33-36-28)23-10-8-21(9-11-23)12-13-29(31,17-34)18-35/h3-11,14,16,26,34-35H,12-13,15,17-18,31H2,1-2H3. The van der Waals surface area contributed by atoms with Crippen LogP contribution in [0.25, 0.3) is 11.4 Å². The van der Waals surface area contributed by atoms with Gasteiger partial charge < -0.3 is 20.5 Å². The zero-order valence-electron chi connectivity index (χ0n) is 20.6. The highest BCUT2D eigenvalue weighted by Crippen LogP contribution is 2.31. The molecular weight excluding hydrogens is 474 g/mol. The molecule has 3 aromatic carbocycles. The van der Waals surface area contributed by atoms with Gasteiger partial charge in [-0.1, -0.05) is 71.4 Å². The third kappa shape index (κ3) is 6.20. The Bertz CT molecular complexity index is 1300. The highest BCUT2D eigenvalue weighted by Gasteiger charge is 2.24. The van der Waals surface area contributed by atoms with Crippen LogP contribution < -0.4 is 5.73 Å². The van der Waals surface area contributed by atoms with Crippen LogP contribution in [0.5, 0.6) is 0 Å². The van der Waals surface area contributed by atoms with Crippen LogP contribution in [0.2, 0.25) is 5.02 Å². The molecule has 0 saturated carbocycles. The third-order valence-electron chi connectivity index (χ3n) is 6.76. The van der Waals surface area contributed by atoms with Crippen molar-refractivity contribution in [3.8, 4) is 11.4 Å². The highest BCUT2D eigenvalue weighted by molar-refractivity contribution is 6.30. The highest BCUT2D eigenvalue weighted by atomic mass is 35.5. The predicted octanol–water partition coefficient (Wildman–Crippen LogP) is 5.00. The van der Waals surface area contributed by atoms with E-state index >= 15 is 0 Å². The Kier molecular flexibility index (Phi) is 8.21. The van der Waals surface area contributed by atoms with E-state index in [1.807, 2.05) is 48.5 Å². The Morgan fingerprint density at radius 2 is 1.67 bits per heavy atom. The van der Waals surface area contributed by atoms with Gasteiger partial charge in [-0.25, -0.2) is 0 Å². The lowest BCUT2D eigenvalue weighted by Gasteiger charge is -2.24. The Morgan fingerprint density at radius 3 is 2.33 bits per heavy atom. The molecule has 36 heavy (non-hydrogen) atoms. The lowest BCUT2D eigenvalue weighted by atomic mass is 9.90. The van der Waals surface area contributed by atoms with Gasteiger partial charge in [-0.05, 0) is 73.1 Å². The van der Waals surface area contributed by atoms with Crippen molar-refractivity contribution in [3.05, 3.63) is 105 Å². The first kappa shape index (κ1) is 26.0. The fraction of sp³-hybridized carbons (Fsp3) is 0.310. The number of aliphatic hydroxyl groups is 2. The normalized spacial score (nSPS) is 12.6. The average molecular weight is 506 g/mol. The molecule has 4 N–H and O–H groups in total. The quantitative estimate of drug-likeness (QED) is 0.280. The topological polar surface area (TPSA) is 105 Å². The van der Waals surface area contributed by atoms with Crippen LogP contribution in [-0.2, 0) is 12.8 Å². The molecule has 0 saturated heterocycles. The number of hydrogen-bond acceptors (Lipinski definition) is 6. The van der Waals surface area contributed by atoms with Crippen molar-refractivity contribution in [2.24, 2.45) is 5.73 Å². The van der Waals surface area contributed by atoms with E-state index in [0.717, 1.165) is 16.7 Å². The number of aryl methyl sites for hydroxylation is 3. The van der Waals surface area contributed by atoms with E-state index < -0.39 is 5.54 Å². The van der Waals surface area contributed by atoms with Gasteiger partial charge in [-0.15, -0.1) is 0 Å². The van der Waals surface area contributed by atoms with E-state index in [1.54, 1.807) is 0 Å². The maximum absolute atomic E-state index is 9.40. The first-order valence-electron chi connectivity index (χ1n) is 12.1. The van der Waals surface area contributed by atoms with Crippen molar-refractivity contribution in [1.82, 2.24) is 10.1 Å². The van der Waals surface area contributed by atoms with Gasteiger partial charge in [0.2, 0.25) is 11.7 Å². The van der Waals surface area contributed by atoms with Gasteiger partial charge in [0.1, 0.15) is 0 Å². The summed E-state index contributed by atoms with van der Waals surface area (Å²) in [5.41, 5.74) is 11.6. The number of nitrogens with zero attached hydrogens (tertiary/aromatic N) is 2. The number of aromatic nitrogens is 2. The maximum Gasteiger partial charge on any atom is 0.234 e. The van der Waals surface area contributed by atoms with Crippen LogP contribution in [0.4, 0.5) is 0 Å². The molecule has 0 aliphatic carbocycles. The van der Waals surface area contributed by atoms with Crippen LogP contribution in [0.3, 0.4) is 0 Å². The zero-order chi connectivity index (χ0) is 25.7. The summed E-state index contributed by atoms with van der Waals surface area (Å²) in [5, 5.41) is 23.7. The van der Waals surface area contributed by atoms with Crippen LogP contribution in [0.1, 0.15) is 46.0 Å². The van der Waals surface area contributed by atoms with Crippen molar-refractivity contribution in [1.29, 1.82) is 0 Å². The van der Waals surface area contributed by atoms with E-state index in [0.29, 0.717) is 36.0 Å². The van der Waals surface area contributed by atoms with E-state index in [4.69, 9.17) is 26.8 Å². The van der Waals surface area contributed by atoms with E-state index in [9.17, 15) is 10.2 Å². The van der Waals surface area contributed by atoms with Gasteiger partial charge in [0.05, 0.1) is 24.7 Å². The van der Waals surface area contributed by atoms with Gasteiger partial charge in [0, 0.05) is 10.6 Å². The first-order valence-corrected chi connectivity index (χ1v) is 12.4. The van der Waals surface area contributed by atoms with E-state index in [1.165, 1.54) is 16.7 Å². The summed E-state index contributed by atoms with van der Waals surface area (Å²) in [6.45, 7) is 3.70. The number of halogens is 1. The minimum atomic E-state index is -0.980. The Morgan fingerprint density at radius 1 is 0.944 bits per heavy atom. The Labute approximate surface area is 216 Å². The predicted molar refractivity (Wildman–Crippen MR) is 142 cm³/mol. The number of hydrogen-bond donors (Lipinski definition) is 3. The van der Waals surface area contributed by atoms with Gasteiger partial charge in [-0.3, -0.25) is 0 Å². The Balaban J connectivity index is 1.57. The fourth-order valence-electron chi connectivity index (χ4n) is 4.15. The summed E-state index contributed by atoms with van der Waals surface area (Å²) in [5.74, 6) is 0.914. The molecule has 1 heterocycles. The monoisotopic (exact) mass is 505 g/mol. The minimum Gasteiger partial charge on any atom is -0.394 e. The molecule has 7 heteroatoms. The summed E-state index contributed by atoms with van der Waals surface area (Å²) in [6, 6.07) is 22.1. The van der Waals surface area contributed by atoms with Crippen LogP contribution in [-0.4, -0.2) is 39.1 Å². The number of aliphatic hydroxyl groups excluding tert-OH is 2. The molecule has 0 bridgehead atoms. The van der Waals surface area contributed by atoms with Crippen molar-refractivity contribution in [3.63, 3.8) is 0 Å². The second-order valence-corrected chi connectivity index (χ2v) is 10.00. The second-order valence-electron chi connectivity index (χ2n) is 9.56. The molecule has 0 fully saturated rings. The molecule has 1 aromatic heterocycles. The van der Waals surface area contributed by atoms with Crippen LogP contribution in [0.15, 0.2) is 71.3 Å². The lowest BCUT2D eigenvalue weighted by Crippen LogP contribution is -2.47. The summed E-state index contributed by atoms with van der Waals surface area (Å²) < 4.78 is 5.78. The number of nitrogens with two attached hydrogens (primary N) is 1. The summed E-state index contributed by atoms with van der Waals surface area (Å²) in [7, 11) is 0. The minimum absolute atomic E-state index is 0.138. The fourth-order valence-corrected chi connectivity index (χ4v) is 4.35. The molecule has 0 amide bonds. The molecule has 6 nitrogen and oxygen atoms in total. The Hall–Kier alpha value is -3.03. The molecule has 1 atom stereocenters. The number of rotatable bonds is 10. The van der Waals surface area contributed by atoms with Crippen molar-refractivity contribution >= 4 is 11.6 Å². The molecule has 0 aliphatic heterocycles. The van der Waals surface area contributed by atoms with Crippen LogP contribution in [0, 0.1) is 13.8 Å². The van der Waals surface area contributed by atoms with Gasteiger partial charge in [0.15, 0.2) is 0 Å². The molecule has 4 rings (SSSR count). The van der Waals surface area contributed by atoms with Crippen LogP contribution >= 0.6 is 11.6 Å². The van der Waals surface area contributed by atoms with Crippen molar-refractivity contribution < 1.29 is 14.7 Å². The van der Waals surface area contributed by atoms with Gasteiger partial charge in [-0.2, -0.15) is 4.98 Å². The largest absolute Gasteiger partial charge is 0.394 e. The molecule has 0 radical (unpaired) electrons. The third-order valence-corrected chi connectivity index (χ3v) is 6.99. The molecule has 0 spiro atoms. The maximum atomic E-state index is 9.40. The summed E-state index contributed by atoms with van der Waals surface area (Å²) in [6.07, 6.45) is 1.83. The SMILES string of the molecule is Cc1ccc(CC(c2cccc(Cl)c2)c2nc(-c3ccc(CCC(N)(CO)CO)cc3)no2)cc1C. The second kappa shape index (κ2) is 11.4. The average Bonchev–Trinajstić information content (AvgIpc) is 3.38. The molecule has 4 aromatic rings. The molecule has 0 aliphatic rings. The van der Waals surface area contributed by atoms with Gasteiger partial charge >= 0.3 is 0 Å². The smallest absolute Gasteiger partial charge is 0.234 e. The summed E-state index contributed by atoms with van der Waals surface area (Å²) >= 11 is 6.31. The molecule has 1 unspecified atom stereocenters. The zero-order valence-corrected chi connectivity index (χ0v) is 21.4. The van der Waals surface area contributed by atoms with Gasteiger partial charge in [0.25, 0.3) is 0 Å². The van der Waals surface area contributed by atoms with Crippen molar-refractivity contribution in [2.45, 2.75) is 44.6 Å². The lowest BCUT2D eigenvalue weighted by molar-refractivity contribution is 0.115. The van der Waals surface area contributed by atoms with E-state index in [2.05, 4.69) is 37.2 Å². The molecule has 188 valence electrons. The number of benzene rings is 3. The first-order chi connectivity index (χ1) is 17.3. The van der Waals surface area contributed by atoms with Crippen molar-refractivity contribution in [2.75, 3.05) is 13.2 Å².